The molecule has 0 bridgehead atoms. The molecule has 0 aliphatic carbocycles. The summed E-state index contributed by atoms with van der Waals surface area (Å²) in [4.78, 5) is 0. The van der Waals surface area contributed by atoms with E-state index < -0.39 is 0 Å². The number of rotatable bonds is 3. The highest BCUT2D eigenvalue weighted by atomic mass is 79.9. The lowest BCUT2D eigenvalue weighted by Gasteiger charge is -2.10. The third kappa shape index (κ3) is 3.33. The van der Waals surface area contributed by atoms with E-state index in [0.717, 1.165) is 15.7 Å². The van der Waals surface area contributed by atoms with Crippen LogP contribution in [0, 0.1) is 0 Å². The van der Waals surface area contributed by atoms with Gasteiger partial charge in [-0.25, -0.2) is 0 Å². The van der Waals surface area contributed by atoms with Gasteiger partial charge in [0.2, 0.25) is 0 Å². The van der Waals surface area contributed by atoms with Crippen molar-refractivity contribution in [1.29, 1.82) is 0 Å². The Morgan fingerprint density at radius 1 is 1.06 bits per heavy atom. The van der Waals surface area contributed by atoms with Crippen molar-refractivity contribution < 1.29 is 0 Å². The highest BCUT2D eigenvalue weighted by Crippen LogP contribution is 2.30. The fraction of sp³-hybridized carbons (Fsp3) is 0.0769. The Bertz CT molecular complexity index is 570. The first kappa shape index (κ1) is 14.0. The SMILES string of the molecule is Clc1ccc(Br)c(CNc2cccc(Cl)c2Cl)c1. The zero-order chi connectivity index (χ0) is 13.1. The Morgan fingerprint density at radius 2 is 1.83 bits per heavy atom. The maximum Gasteiger partial charge on any atom is 0.0823 e. The molecular formula is C13H9BrCl3N. The average Bonchev–Trinajstić information content (AvgIpc) is 2.35. The van der Waals surface area contributed by atoms with Crippen LogP contribution in [0.2, 0.25) is 15.1 Å². The summed E-state index contributed by atoms with van der Waals surface area (Å²) in [5, 5.41) is 4.99. The number of hydrogen-bond donors (Lipinski definition) is 1. The first-order valence-electron chi connectivity index (χ1n) is 5.20. The second-order valence-corrected chi connectivity index (χ2v) is 5.77. The van der Waals surface area contributed by atoms with Gasteiger partial charge in [0, 0.05) is 16.0 Å². The lowest BCUT2D eigenvalue weighted by atomic mass is 10.2. The van der Waals surface area contributed by atoms with E-state index in [9.17, 15) is 0 Å². The topological polar surface area (TPSA) is 12.0 Å². The van der Waals surface area contributed by atoms with Gasteiger partial charge in [-0.2, -0.15) is 0 Å². The Morgan fingerprint density at radius 3 is 2.61 bits per heavy atom. The van der Waals surface area contributed by atoms with E-state index in [2.05, 4.69) is 21.2 Å². The Hall–Kier alpha value is -0.410. The molecule has 0 aliphatic heterocycles. The molecule has 2 aromatic rings. The molecular weight excluding hydrogens is 356 g/mol. The number of hydrogen-bond acceptors (Lipinski definition) is 1. The van der Waals surface area contributed by atoms with Crippen molar-refractivity contribution in [3.8, 4) is 0 Å². The van der Waals surface area contributed by atoms with E-state index in [1.165, 1.54) is 0 Å². The van der Waals surface area contributed by atoms with Gasteiger partial charge in [-0.3, -0.25) is 0 Å². The van der Waals surface area contributed by atoms with E-state index in [1.54, 1.807) is 6.07 Å². The molecule has 0 saturated heterocycles. The van der Waals surface area contributed by atoms with Crippen molar-refractivity contribution in [3.63, 3.8) is 0 Å². The van der Waals surface area contributed by atoms with E-state index in [-0.39, 0.29) is 0 Å². The van der Waals surface area contributed by atoms with Crippen molar-refractivity contribution in [1.82, 2.24) is 0 Å². The summed E-state index contributed by atoms with van der Waals surface area (Å²) in [5.41, 5.74) is 1.86. The summed E-state index contributed by atoms with van der Waals surface area (Å²) >= 11 is 21.5. The Balaban J connectivity index is 2.16. The lowest BCUT2D eigenvalue weighted by Crippen LogP contribution is -2.00. The molecule has 2 rings (SSSR count). The number of halogens is 4. The maximum absolute atomic E-state index is 6.10. The minimum atomic E-state index is 0.525. The largest absolute Gasteiger partial charge is 0.380 e. The van der Waals surface area contributed by atoms with Gasteiger partial charge in [-0.15, -0.1) is 0 Å². The summed E-state index contributed by atoms with van der Waals surface area (Å²) < 4.78 is 0.998. The van der Waals surface area contributed by atoms with Gasteiger partial charge in [0.15, 0.2) is 0 Å². The van der Waals surface area contributed by atoms with E-state index >= 15 is 0 Å². The monoisotopic (exact) mass is 363 g/mol. The van der Waals surface area contributed by atoms with Crippen molar-refractivity contribution >= 4 is 56.4 Å². The second-order valence-electron chi connectivity index (χ2n) is 3.69. The van der Waals surface area contributed by atoms with Gasteiger partial charge in [-0.05, 0) is 35.9 Å². The Labute approximate surface area is 129 Å². The van der Waals surface area contributed by atoms with Crippen LogP contribution in [0.4, 0.5) is 5.69 Å². The van der Waals surface area contributed by atoms with Crippen molar-refractivity contribution in [2.75, 3.05) is 5.32 Å². The standard InChI is InChI=1S/C13H9BrCl3N/c14-10-5-4-9(15)6-8(10)7-18-12-3-1-2-11(16)13(12)17/h1-6,18H,7H2. The quantitative estimate of drug-likeness (QED) is 0.701. The van der Waals surface area contributed by atoms with Crippen LogP contribution in [0.3, 0.4) is 0 Å². The van der Waals surface area contributed by atoms with Crippen LogP contribution < -0.4 is 5.32 Å². The predicted octanol–water partition coefficient (Wildman–Crippen LogP) is 6.02. The molecule has 0 aromatic heterocycles. The van der Waals surface area contributed by atoms with Gasteiger partial charge in [0.05, 0.1) is 15.7 Å². The molecule has 0 unspecified atom stereocenters. The summed E-state index contributed by atoms with van der Waals surface area (Å²) in [7, 11) is 0. The van der Waals surface area contributed by atoms with Crippen LogP contribution in [0.25, 0.3) is 0 Å². The fourth-order valence-corrected chi connectivity index (χ4v) is 2.46. The average molecular weight is 365 g/mol. The minimum Gasteiger partial charge on any atom is -0.380 e. The third-order valence-electron chi connectivity index (χ3n) is 2.43. The highest BCUT2D eigenvalue weighted by Gasteiger charge is 2.05. The summed E-state index contributed by atoms with van der Waals surface area (Å²) in [5.74, 6) is 0. The number of nitrogens with one attached hydrogen (secondary N) is 1. The summed E-state index contributed by atoms with van der Waals surface area (Å²) in [6.45, 7) is 0.612. The first-order chi connectivity index (χ1) is 8.58. The molecule has 0 atom stereocenters. The van der Waals surface area contributed by atoms with Crippen LogP contribution in [0.5, 0.6) is 0 Å². The van der Waals surface area contributed by atoms with Crippen molar-refractivity contribution in [2.24, 2.45) is 0 Å². The molecule has 1 N–H and O–H groups in total. The molecule has 0 heterocycles. The Kier molecular flexibility index (Phi) is 4.79. The molecule has 0 saturated carbocycles. The minimum absolute atomic E-state index is 0.525. The molecule has 0 fully saturated rings. The van der Waals surface area contributed by atoms with Crippen LogP contribution in [0.1, 0.15) is 5.56 Å². The fourth-order valence-electron chi connectivity index (χ4n) is 1.51. The first-order valence-corrected chi connectivity index (χ1v) is 7.12. The maximum atomic E-state index is 6.10. The molecule has 5 heteroatoms. The van der Waals surface area contributed by atoms with Crippen LogP contribution >= 0.6 is 50.7 Å². The molecule has 0 spiro atoms. The third-order valence-corrected chi connectivity index (χ3v) is 4.26. The highest BCUT2D eigenvalue weighted by molar-refractivity contribution is 9.10. The van der Waals surface area contributed by atoms with E-state index in [0.29, 0.717) is 21.6 Å². The molecule has 0 radical (unpaired) electrons. The van der Waals surface area contributed by atoms with Gasteiger partial charge < -0.3 is 5.32 Å². The normalized spacial score (nSPS) is 10.4. The predicted molar refractivity (Wildman–Crippen MR) is 82.9 cm³/mol. The molecule has 94 valence electrons. The van der Waals surface area contributed by atoms with E-state index in [1.807, 2.05) is 30.3 Å². The van der Waals surface area contributed by atoms with Crippen molar-refractivity contribution in [2.45, 2.75) is 6.54 Å². The summed E-state index contributed by atoms with van der Waals surface area (Å²) in [6.07, 6.45) is 0. The zero-order valence-corrected chi connectivity index (χ0v) is 13.0. The zero-order valence-electron chi connectivity index (χ0n) is 9.18. The molecule has 2 aromatic carbocycles. The molecule has 1 nitrogen and oxygen atoms in total. The van der Waals surface area contributed by atoms with E-state index in [4.69, 9.17) is 34.8 Å². The second kappa shape index (κ2) is 6.16. The molecule has 0 amide bonds. The van der Waals surface area contributed by atoms with Crippen molar-refractivity contribution in [3.05, 3.63) is 61.5 Å². The molecule has 0 aliphatic rings. The van der Waals surface area contributed by atoms with Gasteiger partial charge in [0.25, 0.3) is 0 Å². The smallest absolute Gasteiger partial charge is 0.0823 e. The lowest BCUT2D eigenvalue weighted by molar-refractivity contribution is 1.14. The number of anilines is 1. The number of benzene rings is 2. The van der Waals surface area contributed by atoms with Gasteiger partial charge >= 0.3 is 0 Å². The van der Waals surface area contributed by atoms with Gasteiger partial charge in [0.1, 0.15) is 0 Å². The molecule has 18 heavy (non-hydrogen) atoms. The summed E-state index contributed by atoms with van der Waals surface area (Å²) in [6, 6.07) is 11.1. The van der Waals surface area contributed by atoms with Gasteiger partial charge in [-0.1, -0.05) is 56.8 Å². The van der Waals surface area contributed by atoms with Crippen LogP contribution in [-0.4, -0.2) is 0 Å². The van der Waals surface area contributed by atoms with Crippen LogP contribution in [0.15, 0.2) is 40.9 Å². The van der Waals surface area contributed by atoms with Crippen LogP contribution in [-0.2, 0) is 6.54 Å².